The lowest BCUT2D eigenvalue weighted by atomic mass is 9.97. The largest absolute Gasteiger partial charge is 0.486 e. The van der Waals surface area contributed by atoms with Crippen molar-refractivity contribution in [3.8, 4) is 5.75 Å². The number of halogens is 3. The van der Waals surface area contributed by atoms with Crippen LogP contribution in [0.4, 0.5) is 13.2 Å². The van der Waals surface area contributed by atoms with Gasteiger partial charge in [0.05, 0.1) is 11.0 Å². The second kappa shape index (κ2) is 6.81. The van der Waals surface area contributed by atoms with Crippen LogP contribution in [0.3, 0.4) is 0 Å². The maximum Gasteiger partial charge on any atom is 0.416 e. The van der Waals surface area contributed by atoms with E-state index < -0.39 is 23.1 Å². The maximum atomic E-state index is 12.7. The van der Waals surface area contributed by atoms with Crippen molar-refractivity contribution < 1.29 is 32.2 Å². The second-order valence-corrected chi connectivity index (χ2v) is 5.62. The minimum Gasteiger partial charge on any atom is -0.486 e. The zero-order valence-corrected chi connectivity index (χ0v) is 12.5. The molecule has 22 heavy (non-hydrogen) atoms. The normalized spacial score (nSPS) is 11.9. The maximum absolute atomic E-state index is 12.7. The van der Waals surface area contributed by atoms with Crippen LogP contribution in [0.1, 0.15) is 31.9 Å². The van der Waals surface area contributed by atoms with Gasteiger partial charge in [-0.25, -0.2) is 0 Å². The molecule has 0 bridgehead atoms. The van der Waals surface area contributed by atoms with Crippen molar-refractivity contribution in [2.75, 3.05) is 6.61 Å². The minimum absolute atomic E-state index is 0.0503. The van der Waals surface area contributed by atoms with Crippen molar-refractivity contribution in [1.82, 2.24) is 0 Å². The predicted molar refractivity (Wildman–Crippen MR) is 72.3 cm³/mol. The summed E-state index contributed by atoms with van der Waals surface area (Å²) >= 11 is 0. The van der Waals surface area contributed by atoms with Gasteiger partial charge in [-0.3, -0.25) is 9.59 Å². The molecule has 0 atom stereocenters. The smallest absolute Gasteiger partial charge is 0.416 e. The van der Waals surface area contributed by atoms with Crippen LogP contribution >= 0.6 is 0 Å². The lowest BCUT2D eigenvalue weighted by Crippen LogP contribution is -2.23. The molecule has 1 aromatic rings. The van der Waals surface area contributed by atoms with Gasteiger partial charge in [-0.05, 0) is 39.0 Å². The van der Waals surface area contributed by atoms with Gasteiger partial charge in [0.15, 0.2) is 6.29 Å². The highest BCUT2D eigenvalue weighted by Crippen LogP contribution is 2.33. The molecule has 1 aromatic carbocycles. The molecule has 0 aliphatic heterocycles. The molecular formula is C15H17F3O4. The van der Waals surface area contributed by atoms with E-state index in [9.17, 15) is 22.8 Å². The van der Waals surface area contributed by atoms with Gasteiger partial charge in [-0.1, -0.05) is 0 Å². The van der Waals surface area contributed by atoms with Crippen LogP contribution in [0, 0.1) is 5.41 Å². The monoisotopic (exact) mass is 318 g/mol. The molecule has 0 heterocycles. The Labute approximate surface area is 126 Å². The van der Waals surface area contributed by atoms with Crippen molar-refractivity contribution in [2.45, 2.75) is 33.6 Å². The third-order valence-corrected chi connectivity index (χ3v) is 2.67. The summed E-state index contributed by atoms with van der Waals surface area (Å²) in [7, 11) is 0. The van der Waals surface area contributed by atoms with E-state index in [2.05, 4.69) is 0 Å². The van der Waals surface area contributed by atoms with Crippen LogP contribution in [0.25, 0.3) is 0 Å². The molecule has 0 spiro atoms. The molecule has 0 amide bonds. The fourth-order valence-electron chi connectivity index (χ4n) is 1.49. The Morgan fingerprint density at radius 1 is 1.23 bits per heavy atom. The first-order chi connectivity index (χ1) is 10.1. The topological polar surface area (TPSA) is 52.6 Å². The molecule has 0 radical (unpaired) electrons. The summed E-state index contributed by atoms with van der Waals surface area (Å²) in [5, 5.41) is 0. The molecular weight excluding hydrogens is 301 g/mol. The summed E-state index contributed by atoms with van der Waals surface area (Å²) in [5.41, 5.74) is -1.60. The first kappa shape index (κ1) is 18.0. The fourth-order valence-corrected chi connectivity index (χ4v) is 1.49. The third-order valence-electron chi connectivity index (χ3n) is 2.67. The number of hydrogen-bond donors (Lipinski definition) is 0. The molecule has 1 rings (SSSR count). The highest BCUT2D eigenvalue weighted by atomic mass is 19.4. The molecule has 0 aliphatic rings. The number of carbonyl (C=O) groups excluding carboxylic acids is 2. The van der Waals surface area contributed by atoms with E-state index in [4.69, 9.17) is 9.47 Å². The van der Waals surface area contributed by atoms with E-state index in [1.807, 2.05) is 0 Å². The Morgan fingerprint density at radius 3 is 2.36 bits per heavy atom. The molecule has 7 heteroatoms. The summed E-state index contributed by atoms with van der Waals surface area (Å²) < 4.78 is 48.3. The number of ether oxygens (including phenoxy) is 2. The van der Waals surface area contributed by atoms with Crippen LogP contribution in [0.2, 0.25) is 0 Å². The quantitative estimate of drug-likeness (QED) is 0.617. The van der Waals surface area contributed by atoms with Crippen LogP contribution in [0.15, 0.2) is 18.2 Å². The summed E-state index contributed by atoms with van der Waals surface area (Å²) in [6.07, 6.45) is -4.05. The van der Waals surface area contributed by atoms with Crippen LogP contribution in [0.5, 0.6) is 5.75 Å². The van der Waals surface area contributed by atoms with Gasteiger partial charge in [-0.2, -0.15) is 13.2 Å². The molecule has 0 saturated heterocycles. The number of aldehydes is 1. The zero-order valence-electron chi connectivity index (χ0n) is 12.5. The van der Waals surface area contributed by atoms with Crippen molar-refractivity contribution >= 4 is 12.3 Å². The Bertz CT molecular complexity index is 545. The van der Waals surface area contributed by atoms with E-state index >= 15 is 0 Å². The molecule has 0 fully saturated rings. The lowest BCUT2D eigenvalue weighted by Gasteiger charge is -2.18. The van der Waals surface area contributed by atoms with Gasteiger partial charge in [0.1, 0.15) is 19.0 Å². The molecule has 0 unspecified atom stereocenters. The van der Waals surface area contributed by atoms with E-state index in [0.29, 0.717) is 6.29 Å². The van der Waals surface area contributed by atoms with Gasteiger partial charge >= 0.3 is 12.1 Å². The molecule has 122 valence electrons. The highest BCUT2D eigenvalue weighted by molar-refractivity contribution is 5.75. The summed E-state index contributed by atoms with van der Waals surface area (Å²) in [6, 6.07) is 2.79. The summed E-state index contributed by atoms with van der Waals surface area (Å²) in [4.78, 5) is 22.0. The number of alkyl halides is 3. The summed E-state index contributed by atoms with van der Waals surface area (Å²) in [6.45, 7) is 4.22. The number of esters is 1. The second-order valence-electron chi connectivity index (χ2n) is 5.62. The first-order valence-corrected chi connectivity index (χ1v) is 6.49. The Kier molecular flexibility index (Phi) is 5.57. The van der Waals surface area contributed by atoms with Gasteiger partial charge in [0.25, 0.3) is 0 Å². The molecule has 4 nitrogen and oxygen atoms in total. The standard InChI is InChI=1S/C15H17F3O4/c1-14(2,3)13(20)22-9-10-8-11(15(16,17)18)4-5-12(10)21-7-6-19/h4-6,8H,7,9H2,1-3H3. The van der Waals surface area contributed by atoms with Gasteiger partial charge in [-0.15, -0.1) is 0 Å². The van der Waals surface area contributed by atoms with E-state index in [1.54, 1.807) is 20.8 Å². The summed E-state index contributed by atoms with van der Waals surface area (Å²) in [5.74, 6) is -0.479. The van der Waals surface area contributed by atoms with Gasteiger partial charge < -0.3 is 9.47 Å². The average molecular weight is 318 g/mol. The van der Waals surface area contributed by atoms with Crippen molar-refractivity contribution in [3.05, 3.63) is 29.3 Å². The number of benzene rings is 1. The van der Waals surface area contributed by atoms with Crippen LogP contribution < -0.4 is 4.74 Å². The van der Waals surface area contributed by atoms with E-state index in [-0.39, 0.29) is 24.5 Å². The lowest BCUT2D eigenvalue weighted by molar-refractivity contribution is -0.154. The minimum atomic E-state index is -4.52. The molecule has 0 N–H and O–H groups in total. The van der Waals surface area contributed by atoms with E-state index in [0.717, 1.165) is 18.2 Å². The van der Waals surface area contributed by atoms with Crippen molar-refractivity contribution in [2.24, 2.45) is 5.41 Å². The zero-order chi connectivity index (χ0) is 17.0. The predicted octanol–water partition coefficient (Wildman–Crippen LogP) is 3.37. The molecule has 0 saturated carbocycles. The van der Waals surface area contributed by atoms with E-state index in [1.165, 1.54) is 0 Å². The molecule has 0 aromatic heterocycles. The SMILES string of the molecule is CC(C)(C)C(=O)OCc1cc(C(F)(F)F)ccc1OCC=O. The Morgan fingerprint density at radius 2 is 1.86 bits per heavy atom. The Hall–Kier alpha value is -2.05. The number of hydrogen-bond acceptors (Lipinski definition) is 4. The average Bonchev–Trinajstić information content (AvgIpc) is 2.40. The van der Waals surface area contributed by atoms with Gasteiger partial charge in [0, 0.05) is 5.56 Å². The third kappa shape index (κ3) is 5.05. The van der Waals surface area contributed by atoms with Crippen molar-refractivity contribution in [1.29, 1.82) is 0 Å². The van der Waals surface area contributed by atoms with Crippen LogP contribution in [-0.4, -0.2) is 18.9 Å². The van der Waals surface area contributed by atoms with Crippen LogP contribution in [-0.2, 0) is 27.1 Å². The Balaban J connectivity index is 3.01. The van der Waals surface area contributed by atoms with Crippen molar-refractivity contribution in [3.63, 3.8) is 0 Å². The highest BCUT2D eigenvalue weighted by Gasteiger charge is 2.31. The first-order valence-electron chi connectivity index (χ1n) is 6.49. The molecule has 0 aliphatic carbocycles. The fraction of sp³-hybridized carbons (Fsp3) is 0.467. The number of rotatable bonds is 5. The van der Waals surface area contributed by atoms with Gasteiger partial charge in [0.2, 0.25) is 0 Å². The number of carbonyl (C=O) groups is 2.